The Labute approximate surface area is 158 Å². The van der Waals surface area contributed by atoms with E-state index in [2.05, 4.69) is 24.5 Å². The number of aromatic hydroxyl groups is 2. The average Bonchev–Trinajstić information content (AvgIpc) is 2.72. The third-order valence-electron chi connectivity index (χ3n) is 5.33. The van der Waals surface area contributed by atoms with Crippen LogP contribution in [0.3, 0.4) is 0 Å². The summed E-state index contributed by atoms with van der Waals surface area (Å²) in [6.45, 7) is 6.19. The van der Waals surface area contributed by atoms with Gasteiger partial charge < -0.3 is 20.8 Å². The van der Waals surface area contributed by atoms with Gasteiger partial charge in [-0.1, -0.05) is 32.0 Å². The summed E-state index contributed by atoms with van der Waals surface area (Å²) in [4.78, 5) is 13.1. The Morgan fingerprint density at radius 2 is 1.85 bits per heavy atom. The zero-order valence-corrected chi connectivity index (χ0v) is 15.8. The van der Waals surface area contributed by atoms with Gasteiger partial charge in [0.2, 0.25) is 0 Å². The van der Waals surface area contributed by atoms with E-state index in [-0.39, 0.29) is 22.7 Å². The number of hydrogen-bond donors (Lipinski definition) is 4. The molecule has 1 aliphatic heterocycles. The summed E-state index contributed by atoms with van der Waals surface area (Å²) in [5, 5.41) is 27.4. The van der Waals surface area contributed by atoms with Gasteiger partial charge in [0.25, 0.3) is 0 Å². The van der Waals surface area contributed by atoms with Crippen LogP contribution in [0.1, 0.15) is 43.9 Å². The van der Waals surface area contributed by atoms with Crippen molar-refractivity contribution in [1.82, 2.24) is 0 Å². The SMILES string of the molecule is Cc1ccc2c(c1)N[C@H](c1cccc(O)c1O)C1=C(CC(C)(C)CC1=O)N2. The minimum absolute atomic E-state index is 0.0542. The number of fused-ring (bicyclic) bond motifs is 1. The average molecular weight is 364 g/mol. The number of rotatable bonds is 1. The fourth-order valence-corrected chi connectivity index (χ4v) is 4.07. The molecule has 0 saturated carbocycles. The molecule has 0 aromatic heterocycles. The molecule has 2 aliphatic rings. The minimum Gasteiger partial charge on any atom is -0.504 e. The van der Waals surface area contributed by atoms with E-state index in [4.69, 9.17) is 0 Å². The highest BCUT2D eigenvalue weighted by Gasteiger charge is 2.39. The second kappa shape index (κ2) is 6.05. The molecule has 4 rings (SSSR count). The van der Waals surface area contributed by atoms with Gasteiger partial charge in [-0.25, -0.2) is 0 Å². The van der Waals surface area contributed by atoms with E-state index in [9.17, 15) is 15.0 Å². The van der Waals surface area contributed by atoms with Crippen LogP contribution >= 0.6 is 0 Å². The van der Waals surface area contributed by atoms with Crippen LogP contribution in [0.15, 0.2) is 47.7 Å². The van der Waals surface area contributed by atoms with Gasteiger partial charge in [-0.15, -0.1) is 0 Å². The molecule has 1 atom stereocenters. The molecule has 2 aromatic rings. The maximum Gasteiger partial charge on any atom is 0.163 e. The predicted octanol–water partition coefficient (Wildman–Crippen LogP) is 4.63. The van der Waals surface area contributed by atoms with Crippen LogP contribution in [0.25, 0.3) is 0 Å². The highest BCUT2D eigenvalue weighted by molar-refractivity contribution is 6.01. The lowest BCUT2D eigenvalue weighted by molar-refractivity contribution is -0.118. The number of hydrogen-bond acceptors (Lipinski definition) is 5. The summed E-state index contributed by atoms with van der Waals surface area (Å²) in [6.07, 6.45) is 1.18. The van der Waals surface area contributed by atoms with Crippen LogP contribution in [0.2, 0.25) is 0 Å². The fourth-order valence-electron chi connectivity index (χ4n) is 4.07. The molecule has 0 fully saturated rings. The van der Waals surface area contributed by atoms with E-state index in [1.807, 2.05) is 25.1 Å². The summed E-state index contributed by atoms with van der Waals surface area (Å²) in [7, 11) is 0. The Balaban J connectivity index is 1.94. The molecule has 0 radical (unpaired) electrons. The number of anilines is 2. The largest absolute Gasteiger partial charge is 0.504 e. The molecular weight excluding hydrogens is 340 g/mol. The molecule has 1 aliphatic carbocycles. The summed E-state index contributed by atoms with van der Waals surface area (Å²) in [6, 6.07) is 10.4. The van der Waals surface area contributed by atoms with Crippen molar-refractivity contribution < 1.29 is 15.0 Å². The molecule has 0 unspecified atom stereocenters. The minimum atomic E-state index is -0.536. The Bertz CT molecular complexity index is 976. The zero-order chi connectivity index (χ0) is 19.3. The molecule has 27 heavy (non-hydrogen) atoms. The first-order valence-corrected chi connectivity index (χ1v) is 9.16. The molecule has 2 aromatic carbocycles. The van der Waals surface area contributed by atoms with Crippen molar-refractivity contribution in [2.75, 3.05) is 10.6 Å². The number of nitrogens with one attached hydrogen (secondary N) is 2. The van der Waals surface area contributed by atoms with Gasteiger partial charge in [-0.05, 0) is 42.5 Å². The summed E-state index contributed by atoms with van der Waals surface area (Å²) in [5.41, 5.74) is 4.72. The number of Topliss-reactive ketones (excluding diaryl/α,β-unsaturated/α-hetero) is 1. The lowest BCUT2D eigenvalue weighted by Crippen LogP contribution is -2.31. The monoisotopic (exact) mass is 364 g/mol. The summed E-state index contributed by atoms with van der Waals surface area (Å²) < 4.78 is 0. The molecule has 4 N–H and O–H groups in total. The topological polar surface area (TPSA) is 81.6 Å². The molecule has 1 heterocycles. The van der Waals surface area contributed by atoms with E-state index < -0.39 is 6.04 Å². The van der Waals surface area contributed by atoms with Crippen LogP contribution in [0, 0.1) is 12.3 Å². The molecular formula is C22H24N2O3. The number of aryl methyl sites for hydroxylation is 1. The molecule has 5 nitrogen and oxygen atoms in total. The van der Waals surface area contributed by atoms with Gasteiger partial charge in [0.15, 0.2) is 17.3 Å². The van der Waals surface area contributed by atoms with Crippen molar-refractivity contribution >= 4 is 17.2 Å². The Kier molecular flexibility index (Phi) is 3.91. The number of para-hydroxylation sites is 1. The van der Waals surface area contributed by atoms with E-state index >= 15 is 0 Å². The van der Waals surface area contributed by atoms with Crippen molar-refractivity contribution in [3.63, 3.8) is 0 Å². The maximum atomic E-state index is 13.1. The van der Waals surface area contributed by atoms with E-state index in [1.54, 1.807) is 12.1 Å². The van der Waals surface area contributed by atoms with Crippen LogP contribution < -0.4 is 10.6 Å². The third kappa shape index (κ3) is 3.03. The summed E-state index contributed by atoms with van der Waals surface area (Å²) >= 11 is 0. The van der Waals surface area contributed by atoms with Crippen LogP contribution in [0.5, 0.6) is 11.5 Å². The number of benzene rings is 2. The first-order valence-electron chi connectivity index (χ1n) is 9.16. The first-order chi connectivity index (χ1) is 12.7. The quantitative estimate of drug-likeness (QED) is 0.555. The zero-order valence-electron chi connectivity index (χ0n) is 15.8. The van der Waals surface area contributed by atoms with Gasteiger partial charge in [0.1, 0.15) is 0 Å². The number of carbonyl (C=O) groups is 1. The van der Waals surface area contributed by atoms with Crippen molar-refractivity contribution in [2.45, 2.75) is 39.7 Å². The number of ketones is 1. The number of carbonyl (C=O) groups excluding carboxylic acids is 1. The van der Waals surface area contributed by atoms with Crippen LogP contribution in [0.4, 0.5) is 11.4 Å². The second-order valence-electron chi connectivity index (χ2n) is 8.30. The lowest BCUT2D eigenvalue weighted by atomic mass is 9.73. The standard InChI is InChI=1S/C22H24N2O3/c1-12-7-8-14-15(9-12)24-20(13-5-4-6-17(25)21(13)27)19-16(23-14)10-22(2,3)11-18(19)26/h4-9,20,23-25,27H,10-11H2,1-3H3/t20-/m1/s1. The van der Waals surface area contributed by atoms with Gasteiger partial charge in [0.05, 0.1) is 17.4 Å². The Hall–Kier alpha value is -2.95. The molecule has 0 bridgehead atoms. The maximum absolute atomic E-state index is 13.1. The van der Waals surface area contributed by atoms with Crippen molar-refractivity contribution in [3.05, 3.63) is 58.8 Å². The summed E-state index contributed by atoms with van der Waals surface area (Å²) in [5.74, 6) is -0.337. The Morgan fingerprint density at radius 1 is 1.07 bits per heavy atom. The first kappa shape index (κ1) is 17.5. The highest BCUT2D eigenvalue weighted by atomic mass is 16.3. The van der Waals surface area contributed by atoms with Crippen molar-refractivity contribution in [2.24, 2.45) is 5.41 Å². The predicted molar refractivity (Wildman–Crippen MR) is 106 cm³/mol. The molecule has 0 amide bonds. The number of phenolic OH excluding ortho intramolecular Hbond substituents is 2. The number of phenols is 2. The number of allylic oxidation sites excluding steroid dienone is 1. The van der Waals surface area contributed by atoms with Gasteiger partial charge in [-0.2, -0.15) is 0 Å². The van der Waals surface area contributed by atoms with Gasteiger partial charge >= 0.3 is 0 Å². The van der Waals surface area contributed by atoms with E-state index in [0.717, 1.165) is 29.1 Å². The third-order valence-corrected chi connectivity index (χ3v) is 5.33. The Morgan fingerprint density at radius 3 is 2.63 bits per heavy atom. The second-order valence-corrected chi connectivity index (χ2v) is 8.30. The van der Waals surface area contributed by atoms with Gasteiger partial charge in [0, 0.05) is 23.3 Å². The molecule has 0 spiro atoms. The van der Waals surface area contributed by atoms with Crippen molar-refractivity contribution in [3.8, 4) is 11.5 Å². The van der Waals surface area contributed by atoms with Crippen molar-refractivity contribution in [1.29, 1.82) is 0 Å². The van der Waals surface area contributed by atoms with Gasteiger partial charge in [-0.3, -0.25) is 4.79 Å². The lowest BCUT2D eigenvalue weighted by Gasteiger charge is -2.34. The normalized spacial score (nSPS) is 20.9. The van der Waals surface area contributed by atoms with Crippen LogP contribution in [-0.2, 0) is 4.79 Å². The molecule has 5 heteroatoms. The molecule has 0 saturated heterocycles. The highest BCUT2D eigenvalue weighted by Crippen LogP contribution is 2.47. The molecule has 140 valence electrons. The van der Waals surface area contributed by atoms with Crippen LogP contribution in [-0.4, -0.2) is 16.0 Å². The van der Waals surface area contributed by atoms with E-state index in [1.165, 1.54) is 6.07 Å². The fraction of sp³-hybridized carbons (Fsp3) is 0.318. The van der Waals surface area contributed by atoms with E-state index in [0.29, 0.717) is 17.6 Å². The smallest absolute Gasteiger partial charge is 0.163 e.